The fourth-order valence-electron chi connectivity index (χ4n) is 3.14. The molecule has 0 aromatic heterocycles. The third kappa shape index (κ3) is 7.94. The fourth-order valence-corrected chi connectivity index (χ4v) is 3.14. The average molecular weight is 394 g/mol. The molecule has 1 aliphatic rings. The lowest BCUT2D eigenvalue weighted by atomic mass is 10.2. The molecule has 7 heteroatoms. The third-order valence-electron chi connectivity index (χ3n) is 4.70. The Bertz CT molecular complexity index is 589. The van der Waals surface area contributed by atoms with Gasteiger partial charge in [-0.3, -0.25) is 4.99 Å². The Balaban J connectivity index is 1.76. The zero-order valence-corrected chi connectivity index (χ0v) is 17.5. The van der Waals surface area contributed by atoms with Gasteiger partial charge in [0.05, 0.1) is 26.4 Å². The van der Waals surface area contributed by atoms with Crippen molar-refractivity contribution in [2.45, 2.75) is 44.8 Å². The minimum atomic E-state index is 0.303. The van der Waals surface area contributed by atoms with Crippen molar-refractivity contribution in [3.8, 4) is 11.5 Å². The molecule has 0 bridgehead atoms. The van der Waals surface area contributed by atoms with E-state index in [9.17, 15) is 0 Å². The van der Waals surface area contributed by atoms with E-state index in [0.717, 1.165) is 48.8 Å². The maximum absolute atomic E-state index is 6.17. The number of ether oxygens (including phenoxy) is 4. The summed E-state index contributed by atoms with van der Waals surface area (Å²) in [5.41, 5.74) is 1.12. The molecule has 2 N–H and O–H groups in total. The number of aliphatic imine (C=N–C) groups is 1. The van der Waals surface area contributed by atoms with Gasteiger partial charge in [-0.25, -0.2) is 0 Å². The smallest absolute Gasteiger partial charge is 0.191 e. The van der Waals surface area contributed by atoms with Crippen LogP contribution in [0.3, 0.4) is 0 Å². The molecule has 0 spiro atoms. The maximum Gasteiger partial charge on any atom is 0.191 e. The first-order valence-electron chi connectivity index (χ1n) is 10.1. The lowest BCUT2D eigenvalue weighted by Crippen LogP contribution is -2.37. The summed E-state index contributed by atoms with van der Waals surface area (Å²) in [4.78, 5) is 4.27. The molecule has 0 radical (unpaired) electrons. The fraction of sp³-hybridized carbons (Fsp3) is 0.667. The van der Waals surface area contributed by atoms with Gasteiger partial charge in [0.2, 0.25) is 0 Å². The van der Waals surface area contributed by atoms with E-state index < -0.39 is 0 Å². The summed E-state index contributed by atoms with van der Waals surface area (Å²) in [6.45, 7) is 3.42. The predicted molar refractivity (Wildman–Crippen MR) is 111 cm³/mol. The van der Waals surface area contributed by atoms with Crippen molar-refractivity contribution in [3.63, 3.8) is 0 Å². The Labute approximate surface area is 168 Å². The normalized spacial score (nSPS) is 14.9. The van der Waals surface area contributed by atoms with Crippen molar-refractivity contribution in [1.82, 2.24) is 10.6 Å². The van der Waals surface area contributed by atoms with Gasteiger partial charge < -0.3 is 29.6 Å². The topological polar surface area (TPSA) is 73.3 Å². The number of benzene rings is 1. The molecule has 0 atom stereocenters. The number of hydrogen-bond acceptors (Lipinski definition) is 5. The SMILES string of the molecule is CN=C(NCCCOCCOC)NCc1ccc(OC)c(OC2CCCC2)c1. The minimum Gasteiger partial charge on any atom is -0.493 e. The average Bonchev–Trinajstić information content (AvgIpc) is 3.23. The molecular weight excluding hydrogens is 358 g/mol. The predicted octanol–water partition coefficient (Wildman–Crippen LogP) is 2.73. The lowest BCUT2D eigenvalue weighted by molar-refractivity contribution is 0.0698. The first-order valence-corrected chi connectivity index (χ1v) is 10.1. The first kappa shape index (κ1) is 22.3. The van der Waals surface area contributed by atoms with E-state index in [0.29, 0.717) is 32.5 Å². The molecule has 1 aliphatic carbocycles. The van der Waals surface area contributed by atoms with Gasteiger partial charge in [0.1, 0.15) is 0 Å². The van der Waals surface area contributed by atoms with Gasteiger partial charge in [-0.05, 0) is 49.8 Å². The highest BCUT2D eigenvalue weighted by molar-refractivity contribution is 5.79. The van der Waals surface area contributed by atoms with E-state index in [2.05, 4.69) is 21.7 Å². The van der Waals surface area contributed by atoms with E-state index in [1.54, 1.807) is 21.3 Å². The van der Waals surface area contributed by atoms with Crippen LogP contribution in [0.4, 0.5) is 0 Å². The van der Waals surface area contributed by atoms with E-state index in [1.165, 1.54) is 12.8 Å². The molecule has 7 nitrogen and oxygen atoms in total. The second-order valence-electron chi connectivity index (χ2n) is 6.82. The van der Waals surface area contributed by atoms with Crippen LogP contribution in [-0.2, 0) is 16.0 Å². The van der Waals surface area contributed by atoms with Gasteiger partial charge in [-0.1, -0.05) is 6.07 Å². The first-order chi connectivity index (χ1) is 13.8. The summed E-state index contributed by atoms with van der Waals surface area (Å²) in [6.07, 6.45) is 5.94. The highest BCUT2D eigenvalue weighted by Crippen LogP contribution is 2.32. The Morgan fingerprint density at radius 1 is 1.07 bits per heavy atom. The second-order valence-corrected chi connectivity index (χ2v) is 6.82. The molecule has 0 unspecified atom stereocenters. The van der Waals surface area contributed by atoms with Crippen LogP contribution in [0, 0.1) is 0 Å². The van der Waals surface area contributed by atoms with Gasteiger partial charge in [0.25, 0.3) is 0 Å². The van der Waals surface area contributed by atoms with Crippen molar-refractivity contribution in [1.29, 1.82) is 0 Å². The van der Waals surface area contributed by atoms with Crippen molar-refractivity contribution in [2.24, 2.45) is 4.99 Å². The van der Waals surface area contributed by atoms with Crippen LogP contribution >= 0.6 is 0 Å². The zero-order chi connectivity index (χ0) is 20.0. The molecule has 0 aliphatic heterocycles. The van der Waals surface area contributed by atoms with Gasteiger partial charge in [0.15, 0.2) is 17.5 Å². The van der Waals surface area contributed by atoms with Crippen molar-refractivity contribution < 1.29 is 18.9 Å². The van der Waals surface area contributed by atoms with Crippen LogP contribution in [0.25, 0.3) is 0 Å². The molecule has 0 heterocycles. The monoisotopic (exact) mass is 393 g/mol. The number of nitrogens with zero attached hydrogens (tertiary/aromatic N) is 1. The Morgan fingerprint density at radius 3 is 2.61 bits per heavy atom. The maximum atomic E-state index is 6.17. The molecule has 0 saturated heterocycles. The van der Waals surface area contributed by atoms with Gasteiger partial charge >= 0.3 is 0 Å². The summed E-state index contributed by atoms with van der Waals surface area (Å²) in [5, 5.41) is 6.64. The summed E-state index contributed by atoms with van der Waals surface area (Å²) in [6, 6.07) is 6.07. The number of guanidine groups is 1. The van der Waals surface area contributed by atoms with Crippen molar-refractivity contribution in [2.75, 3.05) is 47.6 Å². The highest BCUT2D eigenvalue weighted by atomic mass is 16.5. The quantitative estimate of drug-likeness (QED) is 0.323. The van der Waals surface area contributed by atoms with Gasteiger partial charge in [0, 0.05) is 33.9 Å². The molecule has 1 fully saturated rings. The number of rotatable bonds is 12. The van der Waals surface area contributed by atoms with Crippen LogP contribution in [-0.4, -0.2) is 59.7 Å². The summed E-state index contributed by atoms with van der Waals surface area (Å²) < 4.78 is 22.0. The Morgan fingerprint density at radius 2 is 1.89 bits per heavy atom. The van der Waals surface area contributed by atoms with E-state index in [1.807, 2.05) is 12.1 Å². The van der Waals surface area contributed by atoms with Crippen molar-refractivity contribution in [3.05, 3.63) is 23.8 Å². The summed E-state index contributed by atoms with van der Waals surface area (Å²) in [7, 11) is 5.12. The van der Waals surface area contributed by atoms with Crippen LogP contribution in [0.1, 0.15) is 37.7 Å². The molecule has 28 heavy (non-hydrogen) atoms. The summed E-state index contributed by atoms with van der Waals surface area (Å²) >= 11 is 0. The number of nitrogens with one attached hydrogen (secondary N) is 2. The highest BCUT2D eigenvalue weighted by Gasteiger charge is 2.18. The third-order valence-corrected chi connectivity index (χ3v) is 4.70. The number of methoxy groups -OCH3 is 2. The van der Waals surface area contributed by atoms with E-state index in [-0.39, 0.29) is 0 Å². The standard InChI is InChI=1S/C21H35N3O4/c1-22-21(23-11-6-12-27-14-13-25-2)24-16-17-9-10-19(26-3)20(15-17)28-18-7-4-5-8-18/h9-10,15,18H,4-8,11-14,16H2,1-3H3,(H2,22,23,24). The minimum absolute atomic E-state index is 0.303. The zero-order valence-electron chi connectivity index (χ0n) is 17.5. The Kier molecular flexibility index (Phi) is 10.5. The lowest BCUT2D eigenvalue weighted by Gasteiger charge is -2.17. The number of hydrogen-bond donors (Lipinski definition) is 2. The molecule has 1 aromatic rings. The van der Waals surface area contributed by atoms with Crippen LogP contribution in [0.2, 0.25) is 0 Å². The van der Waals surface area contributed by atoms with Gasteiger partial charge in [-0.15, -0.1) is 0 Å². The largest absolute Gasteiger partial charge is 0.493 e. The second kappa shape index (κ2) is 13.2. The Hall–Kier alpha value is -1.99. The molecule has 1 saturated carbocycles. The van der Waals surface area contributed by atoms with Crippen molar-refractivity contribution >= 4 is 5.96 Å². The van der Waals surface area contributed by atoms with Crippen LogP contribution in [0.5, 0.6) is 11.5 Å². The molecule has 0 amide bonds. The van der Waals surface area contributed by atoms with Gasteiger partial charge in [-0.2, -0.15) is 0 Å². The molecule has 2 rings (SSSR count). The van der Waals surface area contributed by atoms with Crippen LogP contribution in [0.15, 0.2) is 23.2 Å². The van der Waals surface area contributed by atoms with Crippen LogP contribution < -0.4 is 20.1 Å². The molecular formula is C21H35N3O4. The summed E-state index contributed by atoms with van der Waals surface area (Å²) in [5.74, 6) is 2.38. The molecule has 158 valence electrons. The van der Waals surface area contributed by atoms with E-state index >= 15 is 0 Å². The van der Waals surface area contributed by atoms with E-state index in [4.69, 9.17) is 18.9 Å². The molecule has 1 aromatic carbocycles.